The molecule has 2 atom stereocenters. The Balaban J connectivity index is 2.45. The zero-order valence-corrected chi connectivity index (χ0v) is 11.1. The third-order valence-corrected chi connectivity index (χ3v) is 3.95. The van der Waals surface area contributed by atoms with Gasteiger partial charge in [-0.1, -0.05) is 24.6 Å². The van der Waals surface area contributed by atoms with Crippen LogP contribution < -0.4 is 10.6 Å². The van der Waals surface area contributed by atoms with Crippen molar-refractivity contribution < 1.29 is 5.11 Å². The van der Waals surface area contributed by atoms with Gasteiger partial charge in [-0.2, -0.15) is 0 Å². The van der Waals surface area contributed by atoms with Crippen LogP contribution in [0.5, 0.6) is 0 Å². The standard InChI is InChI=1S/C13H18ClN3O/c1-8-5-6-17(11(8)7-18)10-4-2-3-9(14)12(10)13(15)16/h2-4,8,11,18H,5-7H2,1H3,(H3,15,16). The summed E-state index contributed by atoms with van der Waals surface area (Å²) >= 11 is 6.12. The molecular weight excluding hydrogens is 250 g/mol. The van der Waals surface area contributed by atoms with Crippen molar-refractivity contribution in [3.63, 3.8) is 0 Å². The zero-order chi connectivity index (χ0) is 13.3. The molecule has 5 heteroatoms. The Morgan fingerprint density at radius 2 is 2.33 bits per heavy atom. The number of anilines is 1. The molecule has 4 N–H and O–H groups in total. The summed E-state index contributed by atoms with van der Waals surface area (Å²) in [5.74, 6) is 0.389. The summed E-state index contributed by atoms with van der Waals surface area (Å²) in [5.41, 5.74) is 7.02. The average Bonchev–Trinajstić information content (AvgIpc) is 2.69. The van der Waals surface area contributed by atoms with Crippen LogP contribution in [0.4, 0.5) is 5.69 Å². The first kappa shape index (κ1) is 13.2. The van der Waals surface area contributed by atoms with E-state index < -0.39 is 0 Å². The first-order valence-electron chi connectivity index (χ1n) is 6.06. The lowest BCUT2D eigenvalue weighted by atomic mass is 10.0. The molecule has 18 heavy (non-hydrogen) atoms. The van der Waals surface area contributed by atoms with Crippen molar-refractivity contribution in [3.05, 3.63) is 28.8 Å². The highest BCUT2D eigenvalue weighted by Gasteiger charge is 2.32. The number of aliphatic hydroxyl groups is 1. The van der Waals surface area contributed by atoms with Crippen molar-refractivity contribution in [2.24, 2.45) is 11.7 Å². The van der Waals surface area contributed by atoms with E-state index in [1.807, 2.05) is 12.1 Å². The third-order valence-electron chi connectivity index (χ3n) is 3.64. The third kappa shape index (κ3) is 2.18. The van der Waals surface area contributed by atoms with Crippen LogP contribution in [0.1, 0.15) is 18.9 Å². The summed E-state index contributed by atoms with van der Waals surface area (Å²) in [6.45, 7) is 3.08. The molecule has 4 nitrogen and oxygen atoms in total. The maximum Gasteiger partial charge on any atom is 0.126 e. The molecule has 0 spiro atoms. The van der Waals surface area contributed by atoms with Crippen LogP contribution in [-0.4, -0.2) is 30.1 Å². The number of nitrogens with zero attached hydrogens (tertiary/aromatic N) is 1. The first-order valence-corrected chi connectivity index (χ1v) is 6.44. The van der Waals surface area contributed by atoms with Crippen LogP contribution in [0.3, 0.4) is 0 Å². The van der Waals surface area contributed by atoms with Gasteiger partial charge < -0.3 is 15.7 Å². The number of hydrogen-bond acceptors (Lipinski definition) is 3. The molecule has 1 heterocycles. The number of nitrogens with two attached hydrogens (primary N) is 1. The molecule has 2 unspecified atom stereocenters. The highest BCUT2D eigenvalue weighted by atomic mass is 35.5. The number of nitrogens with one attached hydrogen (secondary N) is 1. The van der Waals surface area contributed by atoms with Crippen LogP contribution in [0.15, 0.2) is 18.2 Å². The van der Waals surface area contributed by atoms with Crippen molar-refractivity contribution in [1.82, 2.24) is 0 Å². The molecule has 1 aromatic rings. The Bertz CT molecular complexity index is 464. The summed E-state index contributed by atoms with van der Waals surface area (Å²) in [5, 5.41) is 17.6. The minimum atomic E-state index is -0.0353. The summed E-state index contributed by atoms with van der Waals surface area (Å²) in [4.78, 5) is 2.10. The van der Waals surface area contributed by atoms with Gasteiger partial charge >= 0.3 is 0 Å². The Morgan fingerprint density at radius 3 is 2.94 bits per heavy atom. The fourth-order valence-corrected chi connectivity index (χ4v) is 2.88. The number of aliphatic hydroxyl groups excluding tert-OH is 1. The fourth-order valence-electron chi connectivity index (χ4n) is 2.60. The van der Waals surface area contributed by atoms with Crippen molar-refractivity contribution in [3.8, 4) is 0 Å². The summed E-state index contributed by atoms with van der Waals surface area (Å²) in [6, 6.07) is 5.56. The molecule has 1 aliphatic heterocycles. The monoisotopic (exact) mass is 267 g/mol. The smallest absolute Gasteiger partial charge is 0.126 e. The summed E-state index contributed by atoms with van der Waals surface area (Å²) < 4.78 is 0. The number of halogens is 1. The zero-order valence-electron chi connectivity index (χ0n) is 10.4. The Kier molecular flexibility index (Phi) is 3.78. The van der Waals surface area contributed by atoms with E-state index in [1.165, 1.54) is 0 Å². The van der Waals surface area contributed by atoms with Gasteiger partial charge in [-0.05, 0) is 24.5 Å². The second kappa shape index (κ2) is 5.16. The van der Waals surface area contributed by atoms with Gasteiger partial charge in [0.15, 0.2) is 0 Å². The molecule has 1 fully saturated rings. The molecule has 0 amide bonds. The number of amidine groups is 1. The van der Waals surface area contributed by atoms with Crippen molar-refractivity contribution in [2.75, 3.05) is 18.1 Å². The average molecular weight is 268 g/mol. The van der Waals surface area contributed by atoms with Gasteiger partial charge in [-0.25, -0.2) is 0 Å². The highest BCUT2D eigenvalue weighted by Crippen LogP contribution is 2.34. The molecule has 98 valence electrons. The molecule has 1 aromatic carbocycles. The first-order chi connectivity index (χ1) is 8.56. The quantitative estimate of drug-likeness (QED) is 0.578. The predicted molar refractivity (Wildman–Crippen MR) is 74.5 cm³/mol. The number of nitrogen functional groups attached to an aromatic ring is 1. The minimum absolute atomic E-state index is 0.0353. The van der Waals surface area contributed by atoms with E-state index in [0.717, 1.165) is 18.7 Å². The lowest BCUT2D eigenvalue weighted by Gasteiger charge is -2.29. The number of hydrogen-bond donors (Lipinski definition) is 3. The van der Waals surface area contributed by atoms with Crippen LogP contribution >= 0.6 is 11.6 Å². The molecule has 0 aliphatic carbocycles. The van der Waals surface area contributed by atoms with Crippen LogP contribution in [0.2, 0.25) is 5.02 Å². The topological polar surface area (TPSA) is 73.3 Å². The second-order valence-corrected chi connectivity index (χ2v) is 5.16. The molecule has 1 saturated heterocycles. The maximum absolute atomic E-state index is 9.51. The molecule has 2 rings (SSSR count). The molecular formula is C13H18ClN3O. The van der Waals surface area contributed by atoms with E-state index in [2.05, 4.69) is 11.8 Å². The van der Waals surface area contributed by atoms with E-state index in [9.17, 15) is 5.11 Å². The van der Waals surface area contributed by atoms with Gasteiger partial charge in [0.05, 0.1) is 23.2 Å². The minimum Gasteiger partial charge on any atom is -0.394 e. The van der Waals surface area contributed by atoms with Gasteiger partial charge in [0, 0.05) is 12.2 Å². The van der Waals surface area contributed by atoms with Gasteiger partial charge in [0.25, 0.3) is 0 Å². The Hall–Kier alpha value is -1.26. The van der Waals surface area contributed by atoms with Crippen molar-refractivity contribution in [2.45, 2.75) is 19.4 Å². The lowest BCUT2D eigenvalue weighted by Crippen LogP contribution is -2.36. The van der Waals surface area contributed by atoms with Crippen molar-refractivity contribution in [1.29, 1.82) is 5.41 Å². The molecule has 0 radical (unpaired) electrons. The molecule has 0 aromatic heterocycles. The number of rotatable bonds is 3. The van der Waals surface area contributed by atoms with E-state index in [-0.39, 0.29) is 18.5 Å². The van der Waals surface area contributed by atoms with Gasteiger partial charge in [0.2, 0.25) is 0 Å². The molecule has 0 bridgehead atoms. The Labute approximate surface area is 112 Å². The van der Waals surface area contributed by atoms with E-state index in [1.54, 1.807) is 6.07 Å². The molecule has 1 aliphatic rings. The summed E-state index contributed by atoms with van der Waals surface area (Å²) in [6.07, 6.45) is 1.02. The fraction of sp³-hybridized carbons (Fsp3) is 0.462. The SMILES string of the molecule is CC1CCN(c2cccc(Cl)c2C(=N)N)C1CO. The second-order valence-electron chi connectivity index (χ2n) is 4.76. The van der Waals surface area contributed by atoms with Crippen LogP contribution in [0.25, 0.3) is 0 Å². The van der Waals surface area contributed by atoms with E-state index in [0.29, 0.717) is 16.5 Å². The Morgan fingerprint density at radius 1 is 1.61 bits per heavy atom. The largest absolute Gasteiger partial charge is 0.394 e. The number of benzene rings is 1. The van der Waals surface area contributed by atoms with Gasteiger partial charge in [-0.3, -0.25) is 5.41 Å². The van der Waals surface area contributed by atoms with Crippen molar-refractivity contribution >= 4 is 23.1 Å². The molecule has 0 saturated carbocycles. The van der Waals surface area contributed by atoms with E-state index >= 15 is 0 Å². The maximum atomic E-state index is 9.51. The van der Waals surface area contributed by atoms with Gasteiger partial charge in [-0.15, -0.1) is 0 Å². The lowest BCUT2D eigenvalue weighted by molar-refractivity contribution is 0.245. The normalized spacial score (nSPS) is 23.4. The van der Waals surface area contributed by atoms with E-state index in [4.69, 9.17) is 22.7 Å². The predicted octanol–water partition coefficient (Wildman–Crippen LogP) is 1.83. The van der Waals surface area contributed by atoms with Crippen LogP contribution in [0, 0.1) is 11.3 Å². The van der Waals surface area contributed by atoms with Gasteiger partial charge in [0.1, 0.15) is 5.84 Å². The highest BCUT2D eigenvalue weighted by molar-refractivity contribution is 6.34. The summed E-state index contributed by atoms with van der Waals surface area (Å²) in [7, 11) is 0. The van der Waals surface area contributed by atoms with Crippen LogP contribution in [-0.2, 0) is 0 Å².